The summed E-state index contributed by atoms with van der Waals surface area (Å²) < 4.78 is 38.4. The SMILES string of the molecule is CN1CCN(c2ncccc2CNC(=O)Cc2cccc(C(F)(F)F)c2)CC1. The van der Waals surface area contributed by atoms with Crippen molar-refractivity contribution in [1.82, 2.24) is 15.2 Å². The highest BCUT2D eigenvalue weighted by Gasteiger charge is 2.30. The minimum absolute atomic E-state index is 0.103. The molecule has 0 unspecified atom stereocenters. The van der Waals surface area contributed by atoms with E-state index in [1.165, 1.54) is 12.1 Å². The number of hydrogen-bond donors (Lipinski definition) is 1. The van der Waals surface area contributed by atoms with Crippen LogP contribution in [-0.2, 0) is 23.9 Å². The van der Waals surface area contributed by atoms with Gasteiger partial charge >= 0.3 is 6.18 Å². The third kappa shape index (κ3) is 5.22. The summed E-state index contributed by atoms with van der Waals surface area (Å²) in [5, 5.41) is 2.80. The van der Waals surface area contributed by atoms with E-state index in [4.69, 9.17) is 0 Å². The van der Waals surface area contributed by atoms with E-state index in [0.29, 0.717) is 5.56 Å². The first-order chi connectivity index (χ1) is 13.3. The largest absolute Gasteiger partial charge is 0.416 e. The highest BCUT2D eigenvalue weighted by molar-refractivity contribution is 5.78. The van der Waals surface area contributed by atoms with Gasteiger partial charge in [0.2, 0.25) is 5.91 Å². The first-order valence-electron chi connectivity index (χ1n) is 9.13. The number of piperazine rings is 1. The summed E-state index contributed by atoms with van der Waals surface area (Å²) >= 11 is 0. The van der Waals surface area contributed by atoms with Gasteiger partial charge in [-0.15, -0.1) is 0 Å². The summed E-state index contributed by atoms with van der Waals surface area (Å²) in [4.78, 5) is 21.1. The Kier molecular flexibility index (Phi) is 6.18. The lowest BCUT2D eigenvalue weighted by Crippen LogP contribution is -2.45. The van der Waals surface area contributed by atoms with Crippen LogP contribution in [-0.4, -0.2) is 49.0 Å². The number of carbonyl (C=O) groups is 1. The molecule has 0 bridgehead atoms. The van der Waals surface area contributed by atoms with Crippen molar-refractivity contribution in [2.45, 2.75) is 19.1 Å². The minimum atomic E-state index is -4.42. The summed E-state index contributed by atoms with van der Waals surface area (Å²) in [6, 6.07) is 8.57. The fraction of sp³-hybridized carbons (Fsp3) is 0.400. The van der Waals surface area contributed by atoms with E-state index in [0.717, 1.165) is 49.7 Å². The number of nitrogens with one attached hydrogen (secondary N) is 1. The van der Waals surface area contributed by atoms with Gasteiger partial charge in [0.1, 0.15) is 5.82 Å². The molecule has 28 heavy (non-hydrogen) atoms. The van der Waals surface area contributed by atoms with Gasteiger partial charge in [-0.05, 0) is 24.7 Å². The summed E-state index contributed by atoms with van der Waals surface area (Å²) in [6.45, 7) is 3.89. The van der Waals surface area contributed by atoms with Crippen molar-refractivity contribution in [2.24, 2.45) is 0 Å². The molecule has 2 heterocycles. The minimum Gasteiger partial charge on any atom is -0.354 e. The fourth-order valence-electron chi connectivity index (χ4n) is 3.17. The molecular formula is C20H23F3N4O. The topological polar surface area (TPSA) is 48.5 Å². The zero-order valence-corrected chi connectivity index (χ0v) is 15.7. The molecule has 1 saturated heterocycles. The quantitative estimate of drug-likeness (QED) is 0.850. The first-order valence-corrected chi connectivity index (χ1v) is 9.13. The second-order valence-corrected chi connectivity index (χ2v) is 6.93. The number of benzene rings is 1. The lowest BCUT2D eigenvalue weighted by atomic mass is 10.1. The average Bonchev–Trinajstić information content (AvgIpc) is 2.67. The van der Waals surface area contributed by atoms with Gasteiger partial charge in [-0.25, -0.2) is 4.98 Å². The highest BCUT2D eigenvalue weighted by Crippen LogP contribution is 2.29. The van der Waals surface area contributed by atoms with Crippen molar-refractivity contribution in [3.63, 3.8) is 0 Å². The standard InChI is InChI=1S/C20H23F3N4O/c1-26-8-10-27(11-9-26)19-16(5-3-7-24-19)14-25-18(28)13-15-4-2-6-17(12-15)20(21,22)23/h2-7,12H,8-11,13-14H2,1H3,(H,25,28). The van der Waals surface area contributed by atoms with Gasteiger partial charge in [-0.3, -0.25) is 4.79 Å². The molecule has 3 rings (SSSR count). The molecule has 8 heteroatoms. The molecule has 0 atom stereocenters. The maximum atomic E-state index is 12.8. The Morgan fingerprint density at radius 1 is 1.14 bits per heavy atom. The van der Waals surface area contributed by atoms with Crippen molar-refractivity contribution < 1.29 is 18.0 Å². The summed E-state index contributed by atoms with van der Waals surface area (Å²) in [5.41, 5.74) is 0.477. The molecule has 1 aromatic carbocycles. The molecule has 150 valence electrons. The Bertz CT molecular complexity index is 817. The predicted octanol–water partition coefficient (Wildman–Crippen LogP) is 2.71. The number of rotatable bonds is 5. The van der Waals surface area contributed by atoms with Crippen molar-refractivity contribution in [2.75, 3.05) is 38.1 Å². The van der Waals surface area contributed by atoms with E-state index >= 15 is 0 Å². The smallest absolute Gasteiger partial charge is 0.354 e. The summed E-state index contributed by atoms with van der Waals surface area (Å²) in [7, 11) is 2.07. The molecule has 0 aliphatic carbocycles. The van der Waals surface area contributed by atoms with E-state index in [1.807, 2.05) is 12.1 Å². The molecule has 0 saturated carbocycles. The van der Waals surface area contributed by atoms with E-state index in [2.05, 4.69) is 27.1 Å². The Morgan fingerprint density at radius 2 is 1.89 bits per heavy atom. The molecule has 1 fully saturated rings. The summed E-state index contributed by atoms with van der Waals surface area (Å²) in [5.74, 6) is 0.516. The van der Waals surface area contributed by atoms with Crippen LogP contribution in [0.15, 0.2) is 42.6 Å². The number of alkyl halides is 3. The van der Waals surface area contributed by atoms with E-state index < -0.39 is 11.7 Å². The number of hydrogen-bond acceptors (Lipinski definition) is 4. The zero-order valence-electron chi connectivity index (χ0n) is 15.7. The van der Waals surface area contributed by atoms with Gasteiger partial charge in [0.15, 0.2) is 0 Å². The fourth-order valence-corrected chi connectivity index (χ4v) is 3.17. The second kappa shape index (κ2) is 8.60. The predicted molar refractivity (Wildman–Crippen MR) is 101 cm³/mol. The molecule has 1 amide bonds. The van der Waals surface area contributed by atoms with Crippen molar-refractivity contribution in [1.29, 1.82) is 0 Å². The number of amides is 1. The molecule has 1 aliphatic rings. The van der Waals surface area contributed by atoms with Gasteiger partial charge < -0.3 is 15.1 Å². The molecule has 1 aromatic heterocycles. The number of nitrogens with zero attached hydrogens (tertiary/aromatic N) is 3. The van der Waals surface area contributed by atoms with Crippen LogP contribution in [0.25, 0.3) is 0 Å². The van der Waals surface area contributed by atoms with Crippen molar-refractivity contribution >= 4 is 11.7 Å². The number of pyridine rings is 1. The number of likely N-dealkylation sites (N-methyl/N-ethyl adjacent to an activating group) is 1. The van der Waals surface area contributed by atoms with Crippen LogP contribution in [0.2, 0.25) is 0 Å². The van der Waals surface area contributed by atoms with Gasteiger partial charge in [0.05, 0.1) is 12.0 Å². The molecule has 5 nitrogen and oxygen atoms in total. The van der Waals surface area contributed by atoms with Gasteiger partial charge in [0.25, 0.3) is 0 Å². The molecule has 2 aromatic rings. The van der Waals surface area contributed by atoms with Crippen molar-refractivity contribution in [3.8, 4) is 0 Å². The third-order valence-corrected chi connectivity index (χ3v) is 4.77. The third-order valence-electron chi connectivity index (χ3n) is 4.77. The van der Waals surface area contributed by atoms with Crippen molar-refractivity contribution in [3.05, 3.63) is 59.3 Å². The van der Waals surface area contributed by atoms with E-state index in [1.54, 1.807) is 6.20 Å². The molecule has 1 N–H and O–H groups in total. The average molecular weight is 392 g/mol. The highest BCUT2D eigenvalue weighted by atomic mass is 19.4. The van der Waals surface area contributed by atoms with Gasteiger partial charge in [0, 0.05) is 44.5 Å². The monoisotopic (exact) mass is 392 g/mol. The number of aromatic nitrogens is 1. The van der Waals surface area contributed by atoms with Gasteiger partial charge in [-0.1, -0.05) is 24.3 Å². The lowest BCUT2D eigenvalue weighted by Gasteiger charge is -2.34. The second-order valence-electron chi connectivity index (χ2n) is 6.93. The molecule has 1 aliphatic heterocycles. The van der Waals surface area contributed by atoms with Gasteiger partial charge in [-0.2, -0.15) is 13.2 Å². The number of anilines is 1. The molecular weight excluding hydrogens is 369 g/mol. The van der Waals surface area contributed by atoms with Crippen LogP contribution in [0.4, 0.5) is 19.0 Å². The zero-order chi connectivity index (χ0) is 20.1. The number of halogens is 3. The van der Waals surface area contributed by atoms with E-state index in [9.17, 15) is 18.0 Å². The van der Waals surface area contributed by atoms with Crippen LogP contribution in [0.5, 0.6) is 0 Å². The van der Waals surface area contributed by atoms with Crippen LogP contribution < -0.4 is 10.2 Å². The normalized spacial score (nSPS) is 15.5. The van der Waals surface area contributed by atoms with Crippen LogP contribution in [0.1, 0.15) is 16.7 Å². The van der Waals surface area contributed by atoms with Crippen LogP contribution in [0, 0.1) is 0 Å². The summed E-state index contributed by atoms with van der Waals surface area (Å²) in [6.07, 6.45) is -2.80. The lowest BCUT2D eigenvalue weighted by molar-refractivity contribution is -0.137. The Labute approximate surface area is 162 Å². The van der Waals surface area contributed by atoms with Crippen LogP contribution in [0.3, 0.4) is 0 Å². The maximum absolute atomic E-state index is 12.8. The van der Waals surface area contributed by atoms with E-state index in [-0.39, 0.29) is 18.9 Å². The maximum Gasteiger partial charge on any atom is 0.416 e. The molecule has 0 spiro atoms. The Hall–Kier alpha value is -2.61. The Morgan fingerprint density at radius 3 is 2.61 bits per heavy atom. The molecule has 0 radical (unpaired) electrons. The van der Waals surface area contributed by atoms with Crippen LogP contribution >= 0.6 is 0 Å². The Balaban J connectivity index is 1.61. The number of carbonyl (C=O) groups excluding carboxylic acids is 1. The first kappa shape index (κ1) is 20.1.